The summed E-state index contributed by atoms with van der Waals surface area (Å²) in [4.78, 5) is 26.8. The minimum Gasteiger partial charge on any atom is -0.439 e. The maximum atomic E-state index is 4.67. The fourth-order valence-electron chi connectivity index (χ4n) is 5.91. The van der Waals surface area contributed by atoms with Gasteiger partial charge in [0.2, 0.25) is 0 Å². The van der Waals surface area contributed by atoms with Crippen molar-refractivity contribution in [3.8, 4) is 21.1 Å². The molecule has 10 heteroatoms. The van der Waals surface area contributed by atoms with E-state index >= 15 is 0 Å². The van der Waals surface area contributed by atoms with Crippen molar-refractivity contribution in [2.24, 2.45) is 0 Å². The van der Waals surface area contributed by atoms with Crippen LogP contribution in [0.3, 0.4) is 0 Å². The molecule has 10 rings (SSSR count). The van der Waals surface area contributed by atoms with Gasteiger partial charge < -0.3 is 19.9 Å². The van der Waals surface area contributed by atoms with Crippen LogP contribution in [0, 0.1) is 12.1 Å². The van der Waals surface area contributed by atoms with Crippen molar-refractivity contribution in [3.63, 3.8) is 0 Å². The summed E-state index contributed by atoms with van der Waals surface area (Å²) in [6, 6.07) is 46.8. The third-order valence-electron chi connectivity index (χ3n) is 8.87. The molecule has 0 saturated heterocycles. The first-order valence-corrected chi connectivity index (χ1v) is 20.2. The molecule has 0 N–H and O–H groups in total. The van der Waals surface area contributed by atoms with Gasteiger partial charge in [-0.2, -0.15) is 22.7 Å². The van der Waals surface area contributed by atoms with Crippen LogP contribution in [0.2, 0.25) is 0 Å². The molecule has 0 saturated carbocycles. The normalized spacial score (nSPS) is 11.0. The molecule has 0 unspecified atom stereocenters. The zero-order chi connectivity index (χ0) is 39.1. The van der Waals surface area contributed by atoms with E-state index in [4.69, 9.17) is 0 Å². The molecular formula is C48H42N6Pt2S2. The van der Waals surface area contributed by atoms with E-state index in [-0.39, 0.29) is 53.0 Å². The summed E-state index contributed by atoms with van der Waals surface area (Å²) in [6.07, 6.45) is 3.61. The average molecular weight is 1160 g/mol. The van der Waals surface area contributed by atoms with E-state index in [9.17, 15) is 0 Å². The monoisotopic (exact) mass is 1160 g/mol. The zero-order valence-corrected chi connectivity index (χ0v) is 39.2. The second-order valence-electron chi connectivity index (χ2n) is 15.1. The molecule has 0 fully saturated rings. The molecule has 10 aromatic rings. The smallest absolute Gasteiger partial charge is 0.439 e. The van der Waals surface area contributed by atoms with Gasteiger partial charge in [-0.3, -0.25) is 9.97 Å². The molecule has 6 aromatic heterocycles. The van der Waals surface area contributed by atoms with Crippen molar-refractivity contribution in [2.45, 2.75) is 52.4 Å². The van der Waals surface area contributed by atoms with E-state index in [0.29, 0.717) is 0 Å². The van der Waals surface area contributed by atoms with Crippen LogP contribution in [0.5, 0.6) is 0 Å². The largest absolute Gasteiger partial charge is 2.00 e. The standard InChI is InChI=1S/2C15H15N2.2C9H6NS.2Pt/c2*1-15(2,3)13-9-8-11-10-6-4-5-7-12(10)16-14(11)17-13;2*1-2-4-8(5-3-1)9-10-6-7-11-9;;/h2*4-9H,1-3H3;2*1-4,6-7H;;/q4*-1;2*+2. The average Bonchev–Trinajstić information content (AvgIpc) is 4.05. The van der Waals surface area contributed by atoms with Crippen LogP contribution in [0.4, 0.5) is 0 Å². The Bertz CT molecular complexity index is 2570. The molecule has 4 aromatic carbocycles. The number of nitrogens with zero attached hydrogens (tertiary/aromatic N) is 6. The number of pyridine rings is 2. The van der Waals surface area contributed by atoms with E-state index in [1.54, 1.807) is 35.1 Å². The number of benzene rings is 4. The molecule has 296 valence electrons. The molecule has 0 aliphatic rings. The summed E-state index contributed by atoms with van der Waals surface area (Å²) in [7, 11) is 0. The first kappa shape index (κ1) is 44.5. The van der Waals surface area contributed by atoms with Crippen LogP contribution in [-0.4, -0.2) is 19.9 Å². The molecular weight excluding hydrogens is 1110 g/mol. The molecule has 0 aliphatic carbocycles. The van der Waals surface area contributed by atoms with Crippen molar-refractivity contribution >= 4 is 66.5 Å². The van der Waals surface area contributed by atoms with Gasteiger partial charge in [0.1, 0.15) is 0 Å². The van der Waals surface area contributed by atoms with Gasteiger partial charge >= 0.3 is 42.1 Å². The Kier molecular flexibility index (Phi) is 15.3. The van der Waals surface area contributed by atoms with Gasteiger partial charge in [-0.1, -0.05) is 137 Å². The van der Waals surface area contributed by atoms with E-state index in [1.165, 1.54) is 10.8 Å². The van der Waals surface area contributed by atoms with Crippen molar-refractivity contribution in [3.05, 3.63) is 168 Å². The maximum absolute atomic E-state index is 4.67. The van der Waals surface area contributed by atoms with Gasteiger partial charge in [-0.05, 0) is 43.4 Å². The Morgan fingerprint density at radius 3 is 1.21 bits per heavy atom. The molecule has 58 heavy (non-hydrogen) atoms. The Morgan fingerprint density at radius 1 is 0.466 bits per heavy atom. The van der Waals surface area contributed by atoms with Crippen LogP contribution in [0.25, 0.3) is 65.0 Å². The van der Waals surface area contributed by atoms with Gasteiger partial charge in [0.05, 0.1) is 0 Å². The number of rotatable bonds is 2. The zero-order valence-electron chi connectivity index (χ0n) is 33.0. The van der Waals surface area contributed by atoms with Crippen LogP contribution < -0.4 is 9.97 Å². The van der Waals surface area contributed by atoms with Crippen LogP contribution in [0.15, 0.2) is 144 Å². The second-order valence-corrected chi connectivity index (χ2v) is 16.9. The number of hydrogen-bond acceptors (Lipinski definition) is 6. The molecule has 6 nitrogen and oxygen atoms in total. The molecule has 0 amide bonds. The maximum Gasteiger partial charge on any atom is 2.00 e. The Morgan fingerprint density at radius 2 is 0.862 bits per heavy atom. The second kappa shape index (κ2) is 19.9. The number of thiazole rings is 2. The van der Waals surface area contributed by atoms with Crippen LogP contribution in [-0.2, 0) is 53.0 Å². The molecule has 6 heterocycles. The third-order valence-corrected chi connectivity index (χ3v) is 10.5. The van der Waals surface area contributed by atoms with Crippen LogP contribution >= 0.6 is 22.7 Å². The number of fused-ring (bicyclic) bond motifs is 6. The summed E-state index contributed by atoms with van der Waals surface area (Å²) in [6.45, 7) is 13.0. The van der Waals surface area contributed by atoms with E-state index in [2.05, 4.69) is 120 Å². The molecule has 0 atom stereocenters. The number of hydrogen-bond donors (Lipinski definition) is 0. The van der Waals surface area contributed by atoms with Crippen molar-refractivity contribution in [2.75, 3.05) is 0 Å². The Balaban J connectivity index is 0.000000149. The number of para-hydroxylation sites is 2. The third kappa shape index (κ3) is 10.9. The predicted octanol–water partition coefficient (Wildman–Crippen LogP) is 12.5. The number of aromatic nitrogens is 6. The first-order valence-electron chi connectivity index (χ1n) is 18.4. The van der Waals surface area contributed by atoms with E-state index in [1.807, 2.05) is 95.7 Å². The summed E-state index contributed by atoms with van der Waals surface area (Å²) in [5.41, 5.74) is 8.24. The van der Waals surface area contributed by atoms with Crippen LogP contribution in [0.1, 0.15) is 52.9 Å². The van der Waals surface area contributed by atoms with Crippen molar-refractivity contribution in [1.29, 1.82) is 0 Å². The Hall–Kier alpha value is -4.58. The molecule has 0 radical (unpaired) electrons. The van der Waals surface area contributed by atoms with Crippen molar-refractivity contribution < 1.29 is 42.1 Å². The fourth-order valence-corrected chi connectivity index (χ4v) is 7.17. The summed E-state index contributed by atoms with van der Waals surface area (Å²) in [5, 5.41) is 10.7. The van der Waals surface area contributed by atoms with E-state index in [0.717, 1.165) is 65.6 Å². The van der Waals surface area contributed by atoms with Gasteiger partial charge in [-0.25, -0.2) is 0 Å². The first-order chi connectivity index (χ1) is 27.0. The summed E-state index contributed by atoms with van der Waals surface area (Å²) in [5.74, 6) is 0. The fraction of sp³-hybridized carbons (Fsp3) is 0.167. The minimum atomic E-state index is 0. The minimum absolute atomic E-state index is 0. The van der Waals surface area contributed by atoms with Gasteiger partial charge in [-0.15, -0.1) is 71.8 Å². The summed E-state index contributed by atoms with van der Waals surface area (Å²) < 4.78 is 0. The predicted molar refractivity (Wildman–Crippen MR) is 235 cm³/mol. The van der Waals surface area contributed by atoms with Gasteiger partial charge in [0.15, 0.2) is 0 Å². The summed E-state index contributed by atoms with van der Waals surface area (Å²) >= 11 is 3.27. The molecule has 0 spiro atoms. The molecule has 0 bridgehead atoms. The topological polar surface area (TPSA) is 79.8 Å². The quantitative estimate of drug-likeness (QED) is 0.161. The van der Waals surface area contributed by atoms with Crippen molar-refractivity contribution in [1.82, 2.24) is 29.9 Å². The molecule has 0 aliphatic heterocycles. The van der Waals surface area contributed by atoms with Gasteiger partial charge in [0.25, 0.3) is 0 Å². The van der Waals surface area contributed by atoms with Gasteiger partial charge in [0, 0.05) is 33.2 Å². The Labute approximate surface area is 377 Å². The van der Waals surface area contributed by atoms with E-state index < -0.39 is 0 Å². The SMILES string of the molecule is CC(C)(C)c1ccc2c(n1)[n-]c1ccccc12.CC(C)(C)c1ccc2c(n1)[n-]c1ccccc12.[Pt+2].[Pt+2].[c-]1ccccc1-c1nccs1.[c-]1ccccc1-c1nccs1.